The smallest absolute Gasteiger partial charge is 0.164 e. The molecule has 4 nitrogen and oxygen atoms in total. The molecule has 2 N–H and O–H groups in total. The van der Waals surface area contributed by atoms with E-state index in [4.69, 9.17) is 0 Å². The molecule has 3 aliphatic carbocycles. The van der Waals surface area contributed by atoms with Crippen molar-refractivity contribution < 1.29 is 8.78 Å². The molecule has 0 radical (unpaired) electrons. The molecule has 134 valence electrons. The van der Waals surface area contributed by atoms with Gasteiger partial charge < -0.3 is 10.3 Å². The summed E-state index contributed by atoms with van der Waals surface area (Å²) in [6.45, 7) is 0. The van der Waals surface area contributed by atoms with Crippen LogP contribution in [-0.4, -0.2) is 21.0 Å². The molecule has 1 atom stereocenters. The molecular weight excluding hydrogens is 334 g/mol. The van der Waals surface area contributed by atoms with Gasteiger partial charge in [0.1, 0.15) is 11.5 Å². The van der Waals surface area contributed by atoms with E-state index < -0.39 is 5.82 Å². The zero-order chi connectivity index (χ0) is 17.7. The molecule has 6 rings (SSSR count). The van der Waals surface area contributed by atoms with E-state index in [0.717, 1.165) is 17.9 Å². The van der Waals surface area contributed by atoms with Crippen LogP contribution in [0.1, 0.15) is 32.1 Å². The van der Waals surface area contributed by atoms with Gasteiger partial charge in [0.05, 0.1) is 23.8 Å². The van der Waals surface area contributed by atoms with Crippen LogP contribution < -0.4 is 5.32 Å². The number of halogens is 2. The van der Waals surface area contributed by atoms with E-state index in [-0.39, 0.29) is 5.82 Å². The lowest BCUT2D eigenvalue weighted by Crippen LogP contribution is -2.40. The van der Waals surface area contributed by atoms with Crippen molar-refractivity contribution in [3.05, 3.63) is 42.4 Å². The van der Waals surface area contributed by atoms with E-state index in [0.29, 0.717) is 34.4 Å². The third-order valence-electron chi connectivity index (χ3n) is 6.02. The Morgan fingerprint density at radius 1 is 1.04 bits per heavy atom. The molecule has 2 bridgehead atoms. The lowest BCUT2D eigenvalue weighted by atomic mass is 9.68. The Morgan fingerprint density at radius 3 is 2.65 bits per heavy atom. The zero-order valence-electron chi connectivity index (χ0n) is 14.3. The van der Waals surface area contributed by atoms with Gasteiger partial charge in [-0.15, -0.1) is 0 Å². The van der Waals surface area contributed by atoms with E-state index in [1.165, 1.54) is 44.1 Å². The number of aromatic amines is 1. The summed E-state index contributed by atoms with van der Waals surface area (Å²) in [6.07, 6.45) is 10.3. The van der Waals surface area contributed by atoms with Crippen LogP contribution in [0, 0.1) is 23.5 Å². The summed E-state index contributed by atoms with van der Waals surface area (Å²) in [5.41, 5.74) is 2.40. The average molecular weight is 354 g/mol. The normalized spacial score (nSPS) is 24.9. The molecule has 0 spiro atoms. The standard InChI is InChI=1S/C20H20F2N4/c21-13-6-14-15(9-25-20(14)24-8-13)18-7-19(16(22)10-23-18)26-17-5-11-1-3-12(17)4-2-11/h6-12,17H,1-5H2,(H,23,26)(H,24,25). The summed E-state index contributed by atoms with van der Waals surface area (Å²) in [5.74, 6) is 0.642. The molecule has 1 unspecified atom stereocenters. The molecule has 3 aromatic rings. The van der Waals surface area contributed by atoms with Crippen molar-refractivity contribution in [3.63, 3.8) is 0 Å². The van der Waals surface area contributed by atoms with E-state index in [9.17, 15) is 8.78 Å². The Morgan fingerprint density at radius 2 is 1.88 bits per heavy atom. The molecule has 0 aliphatic heterocycles. The van der Waals surface area contributed by atoms with Gasteiger partial charge in [-0.3, -0.25) is 4.98 Å². The van der Waals surface area contributed by atoms with Crippen LogP contribution in [0.15, 0.2) is 30.7 Å². The van der Waals surface area contributed by atoms with Gasteiger partial charge in [0.2, 0.25) is 0 Å². The van der Waals surface area contributed by atoms with Crippen LogP contribution in [0.2, 0.25) is 0 Å². The number of pyridine rings is 2. The average Bonchev–Trinajstić information content (AvgIpc) is 3.07. The summed E-state index contributed by atoms with van der Waals surface area (Å²) < 4.78 is 28.0. The first-order valence-corrected chi connectivity index (χ1v) is 9.22. The van der Waals surface area contributed by atoms with Crippen LogP contribution in [0.5, 0.6) is 0 Å². The van der Waals surface area contributed by atoms with E-state index >= 15 is 0 Å². The first-order chi connectivity index (χ1) is 12.7. The molecule has 3 aliphatic rings. The monoisotopic (exact) mass is 354 g/mol. The maximum atomic E-state index is 14.4. The second-order valence-corrected chi connectivity index (χ2v) is 7.57. The highest BCUT2D eigenvalue weighted by atomic mass is 19.1. The maximum absolute atomic E-state index is 14.4. The summed E-state index contributed by atoms with van der Waals surface area (Å²) in [6, 6.07) is 3.48. The molecule has 0 amide bonds. The third-order valence-corrected chi connectivity index (χ3v) is 6.02. The van der Waals surface area contributed by atoms with Crippen molar-refractivity contribution in [2.45, 2.75) is 38.1 Å². The first kappa shape index (κ1) is 15.7. The Hall–Kier alpha value is -2.50. The molecule has 0 aromatic carbocycles. The SMILES string of the molecule is Fc1cnc2[nH]cc(-c3cc(NC4CC5CCC4CC5)c(F)cn3)c2c1. The van der Waals surface area contributed by atoms with Gasteiger partial charge in [-0.2, -0.15) is 0 Å². The van der Waals surface area contributed by atoms with Crippen molar-refractivity contribution in [1.29, 1.82) is 0 Å². The van der Waals surface area contributed by atoms with Crippen LogP contribution in [0.25, 0.3) is 22.3 Å². The quantitative estimate of drug-likeness (QED) is 0.704. The molecule has 3 saturated carbocycles. The van der Waals surface area contributed by atoms with E-state index in [1.54, 1.807) is 12.3 Å². The van der Waals surface area contributed by atoms with Crippen LogP contribution in [0.3, 0.4) is 0 Å². The van der Waals surface area contributed by atoms with Crippen molar-refractivity contribution in [1.82, 2.24) is 15.0 Å². The van der Waals surface area contributed by atoms with E-state index in [1.807, 2.05) is 0 Å². The highest BCUT2D eigenvalue weighted by Gasteiger charge is 2.35. The fraction of sp³-hybridized carbons (Fsp3) is 0.400. The Balaban J connectivity index is 1.49. The largest absolute Gasteiger partial charge is 0.380 e. The third kappa shape index (κ3) is 2.64. The van der Waals surface area contributed by atoms with Crippen LogP contribution >= 0.6 is 0 Å². The number of nitrogens with one attached hydrogen (secondary N) is 2. The van der Waals surface area contributed by atoms with Crippen molar-refractivity contribution in [2.24, 2.45) is 11.8 Å². The predicted octanol–water partition coefficient (Wildman–Crippen LogP) is 4.89. The fourth-order valence-electron chi connectivity index (χ4n) is 4.64. The number of H-pyrrole nitrogens is 1. The van der Waals surface area contributed by atoms with Crippen molar-refractivity contribution in [3.8, 4) is 11.3 Å². The number of fused-ring (bicyclic) bond motifs is 4. The summed E-state index contributed by atoms with van der Waals surface area (Å²) >= 11 is 0. The molecule has 0 saturated heterocycles. The summed E-state index contributed by atoms with van der Waals surface area (Å²) in [7, 11) is 0. The first-order valence-electron chi connectivity index (χ1n) is 9.22. The minimum atomic E-state index is -0.406. The minimum Gasteiger partial charge on any atom is -0.380 e. The van der Waals surface area contributed by atoms with Crippen molar-refractivity contribution in [2.75, 3.05) is 5.32 Å². The van der Waals surface area contributed by atoms with Gasteiger partial charge in [0.25, 0.3) is 0 Å². The molecule has 3 aromatic heterocycles. The maximum Gasteiger partial charge on any atom is 0.164 e. The lowest BCUT2D eigenvalue weighted by molar-refractivity contribution is 0.157. The van der Waals surface area contributed by atoms with Crippen molar-refractivity contribution >= 4 is 16.7 Å². The lowest BCUT2D eigenvalue weighted by Gasteiger charge is -2.43. The molecule has 3 fully saturated rings. The second-order valence-electron chi connectivity index (χ2n) is 7.57. The number of anilines is 1. The van der Waals surface area contributed by atoms with Gasteiger partial charge in [0.15, 0.2) is 5.82 Å². The van der Waals surface area contributed by atoms with Gasteiger partial charge >= 0.3 is 0 Å². The number of hydrogen-bond donors (Lipinski definition) is 2. The topological polar surface area (TPSA) is 53.6 Å². The molecule has 26 heavy (non-hydrogen) atoms. The zero-order valence-corrected chi connectivity index (χ0v) is 14.3. The van der Waals surface area contributed by atoms with Gasteiger partial charge in [-0.25, -0.2) is 13.8 Å². The highest BCUT2D eigenvalue weighted by molar-refractivity contribution is 5.92. The Kier molecular flexibility index (Phi) is 3.65. The molecular formula is C20H20F2N4. The van der Waals surface area contributed by atoms with Crippen LogP contribution in [0.4, 0.5) is 14.5 Å². The number of nitrogens with zero attached hydrogens (tertiary/aromatic N) is 2. The number of aromatic nitrogens is 3. The minimum absolute atomic E-state index is 0.328. The fourth-order valence-corrected chi connectivity index (χ4v) is 4.64. The second kappa shape index (κ2) is 6.04. The van der Waals surface area contributed by atoms with Gasteiger partial charge in [-0.05, 0) is 43.2 Å². The Labute approximate surface area is 150 Å². The van der Waals surface area contributed by atoms with Crippen LogP contribution in [-0.2, 0) is 0 Å². The van der Waals surface area contributed by atoms with Gasteiger partial charge in [-0.1, -0.05) is 12.8 Å². The highest BCUT2D eigenvalue weighted by Crippen LogP contribution is 2.42. The number of hydrogen-bond acceptors (Lipinski definition) is 3. The summed E-state index contributed by atoms with van der Waals surface area (Å²) in [5, 5.41) is 4.07. The molecule has 6 heteroatoms. The van der Waals surface area contributed by atoms with E-state index in [2.05, 4.69) is 20.3 Å². The number of rotatable bonds is 3. The Bertz CT molecular complexity index is 960. The predicted molar refractivity (Wildman–Crippen MR) is 96.7 cm³/mol. The van der Waals surface area contributed by atoms with Gasteiger partial charge in [0, 0.05) is 23.2 Å². The summed E-state index contributed by atoms with van der Waals surface area (Å²) in [4.78, 5) is 11.3. The molecule has 3 heterocycles.